The van der Waals surface area contributed by atoms with E-state index in [0.717, 1.165) is 63.1 Å². The van der Waals surface area contributed by atoms with Gasteiger partial charge in [-0.3, -0.25) is 0 Å². The van der Waals surface area contributed by atoms with Crippen molar-refractivity contribution in [2.75, 3.05) is 29.9 Å². The maximum Gasteiger partial charge on any atom is 0.407 e. The predicted octanol–water partition coefficient (Wildman–Crippen LogP) is 4.48. The van der Waals surface area contributed by atoms with Gasteiger partial charge in [0.15, 0.2) is 0 Å². The molecule has 3 N–H and O–H groups in total. The summed E-state index contributed by atoms with van der Waals surface area (Å²) in [6, 6.07) is 8.59. The van der Waals surface area contributed by atoms with Crippen LogP contribution in [0.2, 0.25) is 0 Å². The molecule has 8 nitrogen and oxygen atoms in total. The lowest BCUT2D eigenvalue weighted by atomic mass is 9.86. The van der Waals surface area contributed by atoms with Crippen molar-refractivity contribution in [2.24, 2.45) is 5.92 Å². The van der Waals surface area contributed by atoms with Crippen LogP contribution >= 0.6 is 0 Å². The summed E-state index contributed by atoms with van der Waals surface area (Å²) in [5.41, 5.74) is 1.75. The first-order chi connectivity index (χ1) is 16.2. The Kier molecular flexibility index (Phi) is 8.63. The van der Waals surface area contributed by atoms with Crippen LogP contribution in [0, 0.1) is 5.92 Å². The molecule has 1 saturated heterocycles. The zero-order chi connectivity index (χ0) is 25.9. The molecular formula is C26H44N4O4S. The Morgan fingerprint density at radius 1 is 0.971 bits per heavy atom. The Morgan fingerprint density at radius 3 is 2.17 bits per heavy atom. The number of carbonyl (C=O) groups excluding carboxylic acids is 1. The standard InChI is InChI=1S/C26H44N4O4S/c1-25(2,3)34-24(31)28-22-15-16-30(18-22)23-13-11-20(12-14-23)27-17-19-7-9-21(10-8-19)29-35(32,33)26(4,5)6/h11-14,19,21-22,27,29H,7-10,15-18H2,1-6H3,(H,28,31). The number of benzene rings is 1. The smallest absolute Gasteiger partial charge is 0.407 e. The lowest BCUT2D eigenvalue weighted by Gasteiger charge is -2.31. The third-order valence-corrected chi connectivity index (χ3v) is 8.97. The number of rotatable bonds is 7. The van der Waals surface area contributed by atoms with Crippen LogP contribution in [0.1, 0.15) is 73.6 Å². The van der Waals surface area contributed by atoms with E-state index in [1.54, 1.807) is 20.8 Å². The Morgan fingerprint density at radius 2 is 1.60 bits per heavy atom. The van der Waals surface area contributed by atoms with E-state index in [-0.39, 0.29) is 18.2 Å². The molecule has 1 aliphatic carbocycles. The second-order valence-corrected chi connectivity index (χ2v) is 14.4. The fourth-order valence-corrected chi connectivity index (χ4v) is 5.55. The van der Waals surface area contributed by atoms with Gasteiger partial charge in [-0.1, -0.05) is 0 Å². The number of nitrogens with one attached hydrogen (secondary N) is 3. The van der Waals surface area contributed by atoms with Crippen molar-refractivity contribution in [2.45, 2.75) is 96.1 Å². The minimum Gasteiger partial charge on any atom is -0.444 e. The number of anilines is 2. The average molecular weight is 509 g/mol. The average Bonchev–Trinajstić information content (AvgIpc) is 3.19. The highest BCUT2D eigenvalue weighted by atomic mass is 32.2. The molecule has 0 spiro atoms. The van der Waals surface area contributed by atoms with Gasteiger partial charge in [-0.2, -0.15) is 0 Å². The van der Waals surface area contributed by atoms with Gasteiger partial charge in [-0.05, 0) is 104 Å². The number of hydrogen-bond acceptors (Lipinski definition) is 6. The van der Waals surface area contributed by atoms with Crippen LogP contribution in [-0.2, 0) is 14.8 Å². The Labute approximate surface area is 211 Å². The number of hydrogen-bond donors (Lipinski definition) is 3. The maximum atomic E-state index is 12.4. The largest absolute Gasteiger partial charge is 0.444 e. The van der Waals surface area contributed by atoms with Gasteiger partial charge in [0.1, 0.15) is 5.60 Å². The molecule has 3 rings (SSSR count). The fourth-order valence-electron chi connectivity index (χ4n) is 4.52. The molecule has 9 heteroatoms. The highest BCUT2D eigenvalue weighted by Gasteiger charge is 2.33. The van der Waals surface area contributed by atoms with Gasteiger partial charge in [0.25, 0.3) is 0 Å². The molecule has 1 heterocycles. The van der Waals surface area contributed by atoms with Gasteiger partial charge in [0.05, 0.1) is 10.8 Å². The minimum atomic E-state index is -3.29. The second kappa shape index (κ2) is 10.9. The topological polar surface area (TPSA) is 99.8 Å². The molecule has 1 atom stereocenters. The van der Waals surface area contributed by atoms with Crippen molar-refractivity contribution in [3.63, 3.8) is 0 Å². The third-order valence-electron chi connectivity index (χ3n) is 6.71. The summed E-state index contributed by atoms with van der Waals surface area (Å²) < 4.78 is 32.3. The molecular weight excluding hydrogens is 464 g/mol. The van der Waals surface area contributed by atoms with Gasteiger partial charge in [0.2, 0.25) is 10.0 Å². The summed E-state index contributed by atoms with van der Waals surface area (Å²) in [7, 11) is -3.29. The number of alkyl carbamates (subject to hydrolysis) is 1. The number of ether oxygens (including phenoxy) is 1. The molecule has 1 aliphatic heterocycles. The van der Waals surface area contributed by atoms with Crippen LogP contribution in [0.4, 0.5) is 16.2 Å². The summed E-state index contributed by atoms with van der Waals surface area (Å²) in [5, 5.41) is 6.52. The first-order valence-electron chi connectivity index (χ1n) is 12.8. The summed E-state index contributed by atoms with van der Waals surface area (Å²) in [5.74, 6) is 0.545. The van der Waals surface area contributed by atoms with Gasteiger partial charge >= 0.3 is 6.09 Å². The molecule has 35 heavy (non-hydrogen) atoms. The van der Waals surface area contributed by atoms with Crippen LogP contribution in [0.15, 0.2) is 24.3 Å². The normalized spacial score (nSPS) is 23.7. The SMILES string of the molecule is CC(C)(C)OC(=O)NC1CCN(c2ccc(NCC3CCC(NS(=O)(=O)C(C)(C)C)CC3)cc2)C1. The van der Waals surface area contributed by atoms with Crippen molar-refractivity contribution >= 4 is 27.5 Å². The molecule has 0 bridgehead atoms. The summed E-state index contributed by atoms with van der Waals surface area (Å²) in [4.78, 5) is 14.3. The molecule has 0 aromatic heterocycles. The van der Waals surface area contributed by atoms with Crippen molar-refractivity contribution in [3.05, 3.63) is 24.3 Å². The Balaban J connectivity index is 1.40. The van der Waals surface area contributed by atoms with E-state index < -0.39 is 20.4 Å². The lowest BCUT2D eigenvalue weighted by molar-refractivity contribution is 0.0509. The summed E-state index contributed by atoms with van der Waals surface area (Å²) in [6.45, 7) is 13.4. The highest BCUT2D eigenvalue weighted by Crippen LogP contribution is 2.28. The number of carbonyl (C=O) groups is 1. The number of nitrogens with zero attached hydrogens (tertiary/aromatic N) is 1. The van der Waals surface area contributed by atoms with E-state index in [2.05, 4.69) is 44.5 Å². The molecule has 1 aromatic carbocycles. The van der Waals surface area contributed by atoms with Crippen LogP contribution in [0.25, 0.3) is 0 Å². The van der Waals surface area contributed by atoms with E-state index in [1.807, 2.05) is 20.8 Å². The molecule has 198 valence electrons. The molecule has 2 fully saturated rings. The Hall–Kier alpha value is -2.00. The van der Waals surface area contributed by atoms with Crippen LogP contribution in [0.5, 0.6) is 0 Å². The first-order valence-corrected chi connectivity index (χ1v) is 14.3. The quantitative estimate of drug-likeness (QED) is 0.502. The minimum absolute atomic E-state index is 0.0452. The van der Waals surface area contributed by atoms with Crippen molar-refractivity contribution in [3.8, 4) is 0 Å². The first kappa shape index (κ1) is 27.6. The number of amides is 1. The maximum absolute atomic E-state index is 12.4. The van der Waals surface area contributed by atoms with Crippen LogP contribution in [0.3, 0.4) is 0 Å². The molecule has 2 aliphatic rings. The molecule has 1 aromatic rings. The van der Waals surface area contributed by atoms with Crippen LogP contribution in [-0.4, -0.2) is 56.6 Å². The van der Waals surface area contributed by atoms with Crippen molar-refractivity contribution in [1.82, 2.24) is 10.0 Å². The monoisotopic (exact) mass is 508 g/mol. The lowest BCUT2D eigenvalue weighted by Crippen LogP contribution is -2.46. The molecule has 1 amide bonds. The predicted molar refractivity (Wildman–Crippen MR) is 142 cm³/mol. The summed E-state index contributed by atoms with van der Waals surface area (Å²) >= 11 is 0. The third kappa shape index (κ3) is 8.27. The van der Waals surface area contributed by atoms with Crippen LogP contribution < -0.4 is 20.3 Å². The molecule has 1 unspecified atom stereocenters. The van der Waals surface area contributed by atoms with Gasteiger partial charge < -0.3 is 20.3 Å². The Bertz CT molecular complexity index is 943. The fraction of sp³-hybridized carbons (Fsp3) is 0.731. The van der Waals surface area contributed by atoms with E-state index in [4.69, 9.17) is 4.74 Å². The zero-order valence-electron chi connectivity index (χ0n) is 22.2. The van der Waals surface area contributed by atoms with E-state index in [0.29, 0.717) is 5.92 Å². The number of sulfonamides is 1. The molecule has 1 saturated carbocycles. The van der Waals surface area contributed by atoms with E-state index in [1.165, 1.54) is 0 Å². The van der Waals surface area contributed by atoms with E-state index in [9.17, 15) is 13.2 Å². The van der Waals surface area contributed by atoms with Crippen molar-refractivity contribution in [1.29, 1.82) is 0 Å². The van der Waals surface area contributed by atoms with E-state index >= 15 is 0 Å². The second-order valence-electron chi connectivity index (χ2n) is 12.0. The summed E-state index contributed by atoms with van der Waals surface area (Å²) in [6.07, 6.45) is 4.34. The highest BCUT2D eigenvalue weighted by molar-refractivity contribution is 7.90. The zero-order valence-corrected chi connectivity index (χ0v) is 23.0. The van der Waals surface area contributed by atoms with Gasteiger partial charge in [-0.25, -0.2) is 17.9 Å². The van der Waals surface area contributed by atoms with Gasteiger partial charge in [-0.15, -0.1) is 0 Å². The van der Waals surface area contributed by atoms with Gasteiger partial charge in [0, 0.05) is 37.1 Å². The van der Waals surface area contributed by atoms with Crippen molar-refractivity contribution < 1.29 is 17.9 Å². The molecule has 0 radical (unpaired) electrons.